The van der Waals surface area contributed by atoms with E-state index in [1.807, 2.05) is 0 Å². The van der Waals surface area contributed by atoms with Crippen LogP contribution in [-0.4, -0.2) is 39.0 Å². The van der Waals surface area contributed by atoms with Gasteiger partial charge in [0, 0.05) is 31.0 Å². The topological polar surface area (TPSA) is 84.7 Å². The molecule has 7 nitrogen and oxygen atoms in total. The fourth-order valence-corrected chi connectivity index (χ4v) is 2.04. The average molecular weight is 326 g/mol. The van der Waals surface area contributed by atoms with Gasteiger partial charge >= 0.3 is 0 Å². The van der Waals surface area contributed by atoms with Gasteiger partial charge in [0.05, 0.1) is 0 Å². The second-order valence-electron chi connectivity index (χ2n) is 4.92. The molecule has 1 aromatic carbocycles. The first kappa shape index (κ1) is 15.6. The molecule has 3 rings (SSSR count). The van der Waals surface area contributed by atoms with Crippen LogP contribution in [0.25, 0.3) is 5.82 Å². The van der Waals surface area contributed by atoms with Crippen molar-refractivity contribution in [1.29, 1.82) is 0 Å². The summed E-state index contributed by atoms with van der Waals surface area (Å²) in [6.45, 7) is 0.842. The minimum Gasteiger partial charge on any atom is -0.367 e. The van der Waals surface area contributed by atoms with Crippen molar-refractivity contribution >= 4 is 11.7 Å². The Bertz CT molecular complexity index is 804. The van der Waals surface area contributed by atoms with Crippen LogP contribution in [0, 0.1) is 5.82 Å². The van der Waals surface area contributed by atoms with E-state index in [1.54, 1.807) is 41.3 Å². The Morgan fingerprint density at radius 3 is 2.75 bits per heavy atom. The zero-order valence-electron chi connectivity index (χ0n) is 12.7. The Morgan fingerprint density at radius 2 is 2.04 bits per heavy atom. The molecule has 2 aromatic heterocycles. The largest absolute Gasteiger partial charge is 0.367 e. The highest BCUT2D eigenvalue weighted by Gasteiger charge is 2.05. The van der Waals surface area contributed by atoms with Crippen LogP contribution in [0.2, 0.25) is 0 Å². The molecular weight excluding hydrogens is 311 g/mol. The molecule has 0 aliphatic rings. The van der Waals surface area contributed by atoms with Gasteiger partial charge in [-0.3, -0.25) is 4.79 Å². The zero-order valence-corrected chi connectivity index (χ0v) is 12.7. The van der Waals surface area contributed by atoms with E-state index in [9.17, 15) is 9.18 Å². The van der Waals surface area contributed by atoms with E-state index in [0.717, 1.165) is 0 Å². The van der Waals surface area contributed by atoms with E-state index >= 15 is 0 Å². The summed E-state index contributed by atoms with van der Waals surface area (Å²) in [7, 11) is 0. The number of aromatic nitrogens is 4. The standard InChI is InChI=1S/C16H15FN6O/c17-13-4-1-3-12(11-13)16(24)19-9-8-18-14-5-6-15(22-21-14)23-10-2-7-20-23/h1-7,10-11H,8-9H2,(H,18,21)(H,19,24). The first-order valence-electron chi connectivity index (χ1n) is 7.34. The minimum absolute atomic E-state index is 0.290. The maximum absolute atomic E-state index is 13.1. The van der Waals surface area contributed by atoms with Gasteiger partial charge in [-0.2, -0.15) is 5.10 Å². The number of carbonyl (C=O) groups excluding carboxylic acids is 1. The third-order valence-corrected chi connectivity index (χ3v) is 3.19. The first-order chi connectivity index (χ1) is 11.7. The van der Waals surface area contributed by atoms with Crippen LogP contribution in [0.15, 0.2) is 54.9 Å². The molecule has 24 heavy (non-hydrogen) atoms. The van der Waals surface area contributed by atoms with E-state index in [4.69, 9.17) is 0 Å². The highest BCUT2D eigenvalue weighted by Crippen LogP contribution is 2.05. The monoisotopic (exact) mass is 326 g/mol. The Balaban J connectivity index is 1.46. The molecule has 8 heteroatoms. The fourth-order valence-electron chi connectivity index (χ4n) is 2.04. The molecule has 0 aliphatic heterocycles. The molecule has 1 amide bonds. The summed E-state index contributed by atoms with van der Waals surface area (Å²) >= 11 is 0. The summed E-state index contributed by atoms with van der Waals surface area (Å²) in [6.07, 6.45) is 3.44. The molecule has 0 fully saturated rings. The maximum atomic E-state index is 13.1. The molecule has 0 spiro atoms. The number of benzene rings is 1. The molecule has 0 aliphatic carbocycles. The Morgan fingerprint density at radius 1 is 1.12 bits per heavy atom. The number of hydrogen-bond acceptors (Lipinski definition) is 5. The van der Waals surface area contributed by atoms with Gasteiger partial charge in [-0.15, -0.1) is 10.2 Å². The number of carbonyl (C=O) groups is 1. The third-order valence-electron chi connectivity index (χ3n) is 3.19. The third kappa shape index (κ3) is 3.92. The smallest absolute Gasteiger partial charge is 0.251 e. The molecule has 0 atom stereocenters. The van der Waals surface area contributed by atoms with Gasteiger partial charge in [0.15, 0.2) is 5.82 Å². The van der Waals surface area contributed by atoms with Gasteiger partial charge in [0.25, 0.3) is 5.91 Å². The normalized spacial score (nSPS) is 10.4. The lowest BCUT2D eigenvalue weighted by atomic mass is 10.2. The zero-order chi connectivity index (χ0) is 16.8. The van der Waals surface area contributed by atoms with Gasteiger partial charge in [0.2, 0.25) is 0 Å². The second-order valence-corrected chi connectivity index (χ2v) is 4.92. The Labute approximate surface area is 137 Å². The quantitative estimate of drug-likeness (QED) is 0.673. The Kier molecular flexibility index (Phi) is 4.76. The summed E-state index contributed by atoms with van der Waals surface area (Å²) < 4.78 is 14.7. The number of rotatable bonds is 6. The van der Waals surface area contributed by atoms with Crippen LogP contribution < -0.4 is 10.6 Å². The van der Waals surface area contributed by atoms with Crippen LogP contribution in [-0.2, 0) is 0 Å². The Hall–Kier alpha value is -3.29. The van der Waals surface area contributed by atoms with Gasteiger partial charge in [-0.1, -0.05) is 6.07 Å². The van der Waals surface area contributed by atoms with Crippen molar-refractivity contribution in [1.82, 2.24) is 25.3 Å². The van der Waals surface area contributed by atoms with Gasteiger partial charge < -0.3 is 10.6 Å². The predicted molar refractivity (Wildman–Crippen MR) is 86.4 cm³/mol. The van der Waals surface area contributed by atoms with Crippen molar-refractivity contribution in [3.8, 4) is 5.82 Å². The van der Waals surface area contributed by atoms with E-state index in [2.05, 4.69) is 25.9 Å². The lowest BCUT2D eigenvalue weighted by Crippen LogP contribution is -2.29. The molecule has 3 aromatic rings. The molecule has 0 bridgehead atoms. The van der Waals surface area contributed by atoms with Crippen molar-refractivity contribution in [3.05, 3.63) is 66.2 Å². The number of halogens is 1. The van der Waals surface area contributed by atoms with E-state index in [-0.39, 0.29) is 5.91 Å². The van der Waals surface area contributed by atoms with E-state index < -0.39 is 5.82 Å². The van der Waals surface area contributed by atoms with Gasteiger partial charge in [0.1, 0.15) is 11.6 Å². The van der Waals surface area contributed by atoms with Gasteiger partial charge in [-0.25, -0.2) is 9.07 Å². The van der Waals surface area contributed by atoms with Crippen molar-refractivity contribution in [2.24, 2.45) is 0 Å². The molecule has 0 unspecified atom stereocenters. The number of amides is 1. The van der Waals surface area contributed by atoms with Crippen LogP contribution in [0.5, 0.6) is 0 Å². The summed E-state index contributed by atoms with van der Waals surface area (Å²) in [5, 5.41) is 17.9. The lowest BCUT2D eigenvalue weighted by molar-refractivity contribution is 0.0954. The number of nitrogens with one attached hydrogen (secondary N) is 2. The first-order valence-corrected chi connectivity index (χ1v) is 7.34. The fraction of sp³-hybridized carbons (Fsp3) is 0.125. The van der Waals surface area contributed by atoms with E-state index in [0.29, 0.717) is 30.3 Å². The van der Waals surface area contributed by atoms with Crippen LogP contribution >= 0.6 is 0 Å². The molecule has 122 valence electrons. The maximum Gasteiger partial charge on any atom is 0.251 e. The summed E-state index contributed by atoms with van der Waals surface area (Å²) in [5.41, 5.74) is 0.290. The molecule has 2 heterocycles. The molecule has 0 saturated carbocycles. The van der Waals surface area contributed by atoms with Crippen molar-refractivity contribution in [2.45, 2.75) is 0 Å². The molecule has 0 radical (unpaired) electrons. The average Bonchev–Trinajstić information content (AvgIpc) is 3.14. The molecular formula is C16H15FN6O. The van der Waals surface area contributed by atoms with Crippen molar-refractivity contribution < 1.29 is 9.18 Å². The van der Waals surface area contributed by atoms with Gasteiger partial charge in [-0.05, 0) is 36.4 Å². The summed E-state index contributed by atoms with van der Waals surface area (Å²) in [4.78, 5) is 11.8. The van der Waals surface area contributed by atoms with Crippen LogP contribution in [0.4, 0.5) is 10.2 Å². The van der Waals surface area contributed by atoms with Crippen molar-refractivity contribution in [3.63, 3.8) is 0 Å². The van der Waals surface area contributed by atoms with Crippen LogP contribution in [0.1, 0.15) is 10.4 Å². The molecule has 2 N–H and O–H groups in total. The number of anilines is 1. The van der Waals surface area contributed by atoms with Crippen LogP contribution in [0.3, 0.4) is 0 Å². The number of nitrogens with zero attached hydrogens (tertiary/aromatic N) is 4. The lowest BCUT2D eigenvalue weighted by Gasteiger charge is -2.07. The van der Waals surface area contributed by atoms with Crippen molar-refractivity contribution in [2.75, 3.05) is 18.4 Å². The van der Waals surface area contributed by atoms with E-state index in [1.165, 1.54) is 18.2 Å². The minimum atomic E-state index is -0.437. The highest BCUT2D eigenvalue weighted by molar-refractivity contribution is 5.94. The number of hydrogen-bond donors (Lipinski definition) is 2. The summed E-state index contributed by atoms with van der Waals surface area (Å²) in [5.74, 6) is 0.445. The SMILES string of the molecule is O=C(NCCNc1ccc(-n2cccn2)nn1)c1cccc(F)c1. The molecule has 0 saturated heterocycles. The summed E-state index contributed by atoms with van der Waals surface area (Å²) in [6, 6.07) is 10.9. The second kappa shape index (κ2) is 7.32. The highest BCUT2D eigenvalue weighted by atomic mass is 19.1. The predicted octanol–water partition coefficient (Wildman–Crippen LogP) is 1.64.